The first-order valence-corrected chi connectivity index (χ1v) is 8.86. The number of rotatable bonds is 8. The molecule has 0 aliphatic heterocycles. The highest BCUT2D eigenvalue weighted by atomic mass is 16.6. The van der Waals surface area contributed by atoms with Crippen molar-refractivity contribution < 1.29 is 28.3 Å². The van der Waals surface area contributed by atoms with Gasteiger partial charge in [-0.2, -0.15) is 4.98 Å². The Bertz CT molecular complexity index is 780. The van der Waals surface area contributed by atoms with Crippen molar-refractivity contribution in [2.75, 3.05) is 13.7 Å². The molecule has 9 heteroatoms. The fourth-order valence-electron chi connectivity index (χ4n) is 2.12. The van der Waals surface area contributed by atoms with E-state index in [9.17, 15) is 9.59 Å². The van der Waals surface area contributed by atoms with Crippen LogP contribution in [-0.4, -0.2) is 41.5 Å². The van der Waals surface area contributed by atoms with Gasteiger partial charge < -0.3 is 24.1 Å². The summed E-state index contributed by atoms with van der Waals surface area (Å²) in [5, 5.41) is 6.44. The maximum Gasteiger partial charge on any atom is 0.407 e. The average Bonchev–Trinajstić information content (AvgIpc) is 3.11. The van der Waals surface area contributed by atoms with Gasteiger partial charge in [-0.25, -0.2) is 4.79 Å². The van der Waals surface area contributed by atoms with Crippen molar-refractivity contribution in [2.45, 2.75) is 45.8 Å². The minimum Gasteiger partial charge on any atom is -0.497 e. The monoisotopic (exact) mass is 391 g/mol. The molecular weight excluding hydrogens is 366 g/mol. The standard InChI is InChI=1S/C19H25N3O6/c1-19(2,3)27-18(24)20-11-5-6-16(23)26-12-15-21-17(22-28-15)13-7-9-14(25-4)10-8-13/h7-10H,5-6,11-12H2,1-4H3,(H,20,24). The number of nitrogens with one attached hydrogen (secondary N) is 1. The Morgan fingerprint density at radius 1 is 1.18 bits per heavy atom. The van der Waals surface area contributed by atoms with Gasteiger partial charge in [0.15, 0.2) is 6.61 Å². The smallest absolute Gasteiger partial charge is 0.407 e. The second-order valence-electron chi connectivity index (χ2n) is 6.93. The second kappa shape index (κ2) is 9.72. The fraction of sp³-hybridized carbons (Fsp3) is 0.474. The molecule has 1 aromatic heterocycles. The third-order valence-corrected chi connectivity index (χ3v) is 3.40. The summed E-state index contributed by atoms with van der Waals surface area (Å²) in [6.07, 6.45) is 0.0617. The zero-order chi connectivity index (χ0) is 20.6. The molecule has 0 saturated heterocycles. The first-order valence-electron chi connectivity index (χ1n) is 8.86. The zero-order valence-electron chi connectivity index (χ0n) is 16.5. The van der Waals surface area contributed by atoms with Crippen molar-refractivity contribution in [3.05, 3.63) is 30.2 Å². The molecule has 0 aliphatic carbocycles. The normalized spacial score (nSPS) is 11.0. The van der Waals surface area contributed by atoms with Gasteiger partial charge in [0.25, 0.3) is 5.89 Å². The Balaban J connectivity index is 1.69. The van der Waals surface area contributed by atoms with E-state index in [1.54, 1.807) is 52.1 Å². The summed E-state index contributed by atoms with van der Waals surface area (Å²) in [6.45, 7) is 5.54. The minimum absolute atomic E-state index is 0.110. The van der Waals surface area contributed by atoms with Crippen LogP contribution in [0.3, 0.4) is 0 Å². The number of carbonyl (C=O) groups is 2. The number of hydrogen-bond acceptors (Lipinski definition) is 8. The third-order valence-electron chi connectivity index (χ3n) is 3.40. The average molecular weight is 391 g/mol. The molecule has 1 amide bonds. The number of esters is 1. The largest absolute Gasteiger partial charge is 0.497 e. The maximum absolute atomic E-state index is 11.8. The molecule has 0 fully saturated rings. The van der Waals surface area contributed by atoms with E-state index in [0.29, 0.717) is 18.8 Å². The summed E-state index contributed by atoms with van der Waals surface area (Å²) in [5.41, 5.74) is 0.202. The SMILES string of the molecule is COc1ccc(-c2noc(COC(=O)CCCNC(=O)OC(C)(C)C)n2)cc1. The Morgan fingerprint density at radius 3 is 2.54 bits per heavy atom. The van der Waals surface area contributed by atoms with Gasteiger partial charge >= 0.3 is 12.1 Å². The quantitative estimate of drug-likeness (QED) is 0.539. The predicted octanol–water partition coefficient (Wildman–Crippen LogP) is 3.09. The zero-order valence-corrected chi connectivity index (χ0v) is 16.5. The highest BCUT2D eigenvalue weighted by Gasteiger charge is 2.16. The maximum atomic E-state index is 11.8. The van der Waals surface area contributed by atoms with Crippen LogP contribution in [0.4, 0.5) is 4.79 Å². The van der Waals surface area contributed by atoms with Crippen LogP contribution in [0.15, 0.2) is 28.8 Å². The summed E-state index contributed by atoms with van der Waals surface area (Å²) < 4.78 is 20.4. The van der Waals surface area contributed by atoms with Crippen LogP contribution in [0.2, 0.25) is 0 Å². The van der Waals surface area contributed by atoms with Crippen molar-refractivity contribution in [2.24, 2.45) is 0 Å². The van der Waals surface area contributed by atoms with Crippen molar-refractivity contribution >= 4 is 12.1 Å². The Kier molecular flexibility index (Phi) is 7.36. The first-order chi connectivity index (χ1) is 13.3. The van der Waals surface area contributed by atoms with E-state index in [0.717, 1.165) is 11.3 Å². The summed E-state index contributed by atoms with van der Waals surface area (Å²) in [5.74, 6) is 0.902. The van der Waals surface area contributed by atoms with E-state index in [1.165, 1.54) is 0 Å². The van der Waals surface area contributed by atoms with E-state index in [4.69, 9.17) is 18.7 Å². The lowest BCUT2D eigenvalue weighted by molar-refractivity contribution is -0.145. The fourth-order valence-corrected chi connectivity index (χ4v) is 2.12. The third kappa shape index (κ3) is 7.26. The molecule has 0 radical (unpaired) electrons. The number of alkyl carbamates (subject to hydrolysis) is 1. The molecule has 2 rings (SSSR count). The molecule has 0 atom stereocenters. The van der Waals surface area contributed by atoms with Crippen molar-refractivity contribution in [3.8, 4) is 17.1 Å². The number of ether oxygens (including phenoxy) is 3. The van der Waals surface area contributed by atoms with Crippen molar-refractivity contribution in [1.82, 2.24) is 15.5 Å². The molecule has 0 bridgehead atoms. The number of benzene rings is 1. The van der Waals surface area contributed by atoms with Gasteiger partial charge in [0.2, 0.25) is 5.82 Å². The van der Waals surface area contributed by atoms with E-state index in [-0.39, 0.29) is 18.9 Å². The van der Waals surface area contributed by atoms with Gasteiger partial charge in [0.1, 0.15) is 11.4 Å². The van der Waals surface area contributed by atoms with E-state index >= 15 is 0 Å². The molecule has 0 saturated carbocycles. The Hall–Kier alpha value is -3.10. The lowest BCUT2D eigenvalue weighted by Gasteiger charge is -2.19. The van der Waals surface area contributed by atoms with Gasteiger partial charge in [-0.05, 0) is 51.5 Å². The number of carbonyl (C=O) groups excluding carboxylic acids is 2. The highest BCUT2D eigenvalue weighted by Crippen LogP contribution is 2.19. The highest BCUT2D eigenvalue weighted by molar-refractivity contribution is 5.70. The van der Waals surface area contributed by atoms with Gasteiger partial charge in [0, 0.05) is 18.5 Å². The summed E-state index contributed by atoms with van der Waals surface area (Å²) in [4.78, 5) is 27.4. The van der Waals surface area contributed by atoms with Crippen molar-refractivity contribution in [1.29, 1.82) is 0 Å². The molecule has 0 spiro atoms. The summed E-state index contributed by atoms with van der Waals surface area (Å²) >= 11 is 0. The van der Waals surface area contributed by atoms with Crippen LogP contribution in [0, 0.1) is 0 Å². The van der Waals surface area contributed by atoms with Crippen LogP contribution in [-0.2, 0) is 20.9 Å². The summed E-state index contributed by atoms with van der Waals surface area (Å²) in [7, 11) is 1.59. The predicted molar refractivity (Wildman–Crippen MR) is 99.6 cm³/mol. The van der Waals surface area contributed by atoms with Gasteiger partial charge in [-0.15, -0.1) is 0 Å². The molecule has 0 unspecified atom stereocenters. The molecule has 1 heterocycles. The van der Waals surface area contributed by atoms with Crippen LogP contribution >= 0.6 is 0 Å². The van der Waals surface area contributed by atoms with Crippen LogP contribution in [0.25, 0.3) is 11.4 Å². The van der Waals surface area contributed by atoms with E-state index in [1.807, 2.05) is 0 Å². The molecule has 28 heavy (non-hydrogen) atoms. The number of methoxy groups -OCH3 is 1. The van der Waals surface area contributed by atoms with Crippen molar-refractivity contribution in [3.63, 3.8) is 0 Å². The molecule has 1 aromatic carbocycles. The molecule has 2 aromatic rings. The van der Waals surface area contributed by atoms with Gasteiger partial charge in [0.05, 0.1) is 7.11 Å². The lowest BCUT2D eigenvalue weighted by atomic mass is 10.2. The number of amides is 1. The first kappa shape index (κ1) is 21.2. The number of aromatic nitrogens is 2. The number of hydrogen-bond donors (Lipinski definition) is 1. The van der Waals surface area contributed by atoms with Gasteiger partial charge in [-0.1, -0.05) is 5.16 Å². The topological polar surface area (TPSA) is 113 Å². The molecular formula is C19H25N3O6. The number of nitrogens with zero attached hydrogens (tertiary/aromatic N) is 2. The lowest BCUT2D eigenvalue weighted by Crippen LogP contribution is -2.33. The summed E-state index contributed by atoms with van der Waals surface area (Å²) in [6, 6.07) is 7.18. The molecule has 152 valence electrons. The second-order valence-corrected chi connectivity index (χ2v) is 6.93. The van der Waals surface area contributed by atoms with E-state index in [2.05, 4.69) is 15.5 Å². The van der Waals surface area contributed by atoms with Gasteiger partial charge in [-0.3, -0.25) is 4.79 Å². The minimum atomic E-state index is -0.558. The molecule has 0 aliphatic rings. The molecule has 1 N–H and O–H groups in total. The van der Waals surface area contributed by atoms with E-state index < -0.39 is 17.7 Å². The Labute approximate surface area is 163 Å². The Morgan fingerprint density at radius 2 is 1.89 bits per heavy atom. The van der Waals surface area contributed by atoms with Crippen LogP contribution < -0.4 is 10.1 Å². The van der Waals surface area contributed by atoms with Crippen LogP contribution in [0.1, 0.15) is 39.5 Å². The van der Waals surface area contributed by atoms with Crippen LogP contribution in [0.5, 0.6) is 5.75 Å². The molecule has 9 nitrogen and oxygen atoms in total.